The lowest BCUT2D eigenvalue weighted by Crippen LogP contribution is -2.55. The molecular weight excluding hydrogens is 504 g/mol. The Morgan fingerprint density at radius 3 is 2.29 bits per heavy atom. The first-order valence-electron chi connectivity index (χ1n) is 12.2. The van der Waals surface area contributed by atoms with Crippen LogP contribution in [0.4, 0.5) is 16.2 Å². The average molecular weight is 539 g/mol. The fourth-order valence-corrected chi connectivity index (χ4v) is 5.18. The molecule has 1 aliphatic carbocycles. The largest absolute Gasteiger partial charge is 0.486 e. The van der Waals surface area contributed by atoms with Gasteiger partial charge in [0.2, 0.25) is 0 Å². The SMILES string of the molecule is CC(C)(C)OC(=O)N1CCN(C2CCN(c3cc(OCC4CC4)c([N+](=O)[O-])cc3Br)CC2)CC1. The highest BCUT2D eigenvalue weighted by Crippen LogP contribution is 2.40. The molecule has 0 unspecified atom stereocenters. The Kier molecular flexibility index (Phi) is 7.57. The zero-order valence-electron chi connectivity index (χ0n) is 20.3. The van der Waals surface area contributed by atoms with Crippen LogP contribution in [0.5, 0.6) is 5.75 Å². The number of amides is 1. The number of piperidine rings is 1. The Morgan fingerprint density at radius 2 is 1.74 bits per heavy atom. The predicted octanol–water partition coefficient (Wildman–Crippen LogP) is 4.67. The number of hydrogen-bond acceptors (Lipinski definition) is 7. The van der Waals surface area contributed by atoms with Gasteiger partial charge in [0.25, 0.3) is 0 Å². The Labute approximate surface area is 209 Å². The van der Waals surface area contributed by atoms with Crippen LogP contribution < -0.4 is 9.64 Å². The van der Waals surface area contributed by atoms with Crippen molar-refractivity contribution < 1.29 is 19.2 Å². The van der Waals surface area contributed by atoms with Crippen molar-refractivity contribution in [1.29, 1.82) is 0 Å². The Balaban J connectivity index is 1.32. The molecule has 3 aliphatic rings. The zero-order chi connectivity index (χ0) is 24.5. The van der Waals surface area contributed by atoms with E-state index in [1.807, 2.05) is 26.8 Å². The third-order valence-corrected chi connectivity index (χ3v) is 7.32. The number of carbonyl (C=O) groups is 1. The Morgan fingerprint density at radius 1 is 1.09 bits per heavy atom. The highest BCUT2D eigenvalue weighted by atomic mass is 79.9. The first kappa shape index (κ1) is 25.0. The number of nitrogens with zero attached hydrogens (tertiary/aromatic N) is 4. The molecule has 1 aromatic carbocycles. The van der Waals surface area contributed by atoms with E-state index in [9.17, 15) is 14.9 Å². The molecule has 9 nitrogen and oxygen atoms in total. The molecule has 0 spiro atoms. The summed E-state index contributed by atoms with van der Waals surface area (Å²) in [7, 11) is 0. The van der Waals surface area contributed by atoms with Crippen molar-refractivity contribution in [3.8, 4) is 5.75 Å². The van der Waals surface area contributed by atoms with Crippen molar-refractivity contribution in [2.75, 3.05) is 50.8 Å². The standard InChI is InChI=1S/C24H35BrN4O5/c1-24(2,3)34-23(30)28-12-10-26(11-13-28)18-6-8-27(9-7-18)20-15-22(33-16-17-4-5-17)21(29(31)32)14-19(20)25/h14-15,17-18H,4-13,16H2,1-3H3. The summed E-state index contributed by atoms with van der Waals surface area (Å²) in [5.41, 5.74) is 0.481. The normalized spacial score (nSPS) is 20.4. The molecule has 1 saturated carbocycles. The summed E-state index contributed by atoms with van der Waals surface area (Å²) in [5.74, 6) is 0.883. The van der Waals surface area contributed by atoms with E-state index in [1.165, 1.54) is 0 Å². The summed E-state index contributed by atoms with van der Waals surface area (Å²) < 4.78 is 12.1. The molecular formula is C24H35BrN4O5. The van der Waals surface area contributed by atoms with Crippen molar-refractivity contribution in [2.24, 2.45) is 5.92 Å². The minimum atomic E-state index is -0.476. The summed E-state index contributed by atoms with van der Waals surface area (Å²) in [5, 5.41) is 11.5. The van der Waals surface area contributed by atoms with Crippen molar-refractivity contribution in [2.45, 2.75) is 58.1 Å². The van der Waals surface area contributed by atoms with Crippen LogP contribution in [0.3, 0.4) is 0 Å². The first-order valence-corrected chi connectivity index (χ1v) is 13.0. The number of nitro benzene ring substituents is 1. The predicted molar refractivity (Wildman–Crippen MR) is 134 cm³/mol. The molecule has 10 heteroatoms. The lowest BCUT2D eigenvalue weighted by atomic mass is 10.0. The summed E-state index contributed by atoms with van der Waals surface area (Å²) in [6.07, 6.45) is 4.06. The quantitative estimate of drug-likeness (QED) is 0.384. The van der Waals surface area contributed by atoms with Gasteiger partial charge in [0.1, 0.15) is 5.60 Å². The second kappa shape index (κ2) is 10.3. The van der Waals surface area contributed by atoms with Gasteiger partial charge in [-0.05, 0) is 68.3 Å². The van der Waals surface area contributed by atoms with E-state index >= 15 is 0 Å². The van der Waals surface area contributed by atoms with E-state index < -0.39 is 5.60 Å². The number of piperazine rings is 1. The van der Waals surface area contributed by atoms with Gasteiger partial charge in [-0.15, -0.1) is 0 Å². The monoisotopic (exact) mass is 538 g/mol. The van der Waals surface area contributed by atoms with Crippen molar-refractivity contribution in [1.82, 2.24) is 9.80 Å². The van der Waals surface area contributed by atoms with E-state index in [1.54, 1.807) is 11.0 Å². The van der Waals surface area contributed by atoms with Gasteiger partial charge < -0.3 is 19.3 Å². The van der Waals surface area contributed by atoms with E-state index in [4.69, 9.17) is 9.47 Å². The van der Waals surface area contributed by atoms with Gasteiger partial charge in [-0.1, -0.05) is 0 Å². The number of ether oxygens (including phenoxy) is 2. The minimum Gasteiger partial charge on any atom is -0.486 e. The van der Waals surface area contributed by atoms with Crippen LogP contribution in [0, 0.1) is 16.0 Å². The van der Waals surface area contributed by atoms with E-state index in [-0.39, 0.29) is 16.7 Å². The second-order valence-corrected chi connectivity index (χ2v) is 11.4. The molecule has 1 amide bonds. The Bertz CT molecular complexity index is 901. The molecule has 34 heavy (non-hydrogen) atoms. The van der Waals surface area contributed by atoms with E-state index in [0.717, 1.165) is 62.0 Å². The number of hydrogen-bond donors (Lipinski definition) is 0. The van der Waals surface area contributed by atoms with Crippen LogP contribution >= 0.6 is 15.9 Å². The lowest BCUT2D eigenvalue weighted by Gasteiger charge is -2.43. The van der Waals surface area contributed by atoms with Crippen LogP contribution in [0.25, 0.3) is 0 Å². The van der Waals surface area contributed by atoms with Crippen molar-refractivity contribution >= 4 is 33.4 Å². The van der Waals surface area contributed by atoms with Crippen LogP contribution in [0.2, 0.25) is 0 Å². The highest BCUT2D eigenvalue weighted by molar-refractivity contribution is 9.10. The molecule has 4 rings (SSSR count). The van der Waals surface area contributed by atoms with Gasteiger partial charge in [0.15, 0.2) is 5.75 Å². The molecule has 2 heterocycles. The van der Waals surface area contributed by atoms with E-state index in [0.29, 0.717) is 37.4 Å². The maximum absolute atomic E-state index is 12.3. The van der Waals surface area contributed by atoms with Crippen molar-refractivity contribution in [3.63, 3.8) is 0 Å². The summed E-state index contributed by atoms with van der Waals surface area (Å²) in [6, 6.07) is 3.86. The molecule has 2 aliphatic heterocycles. The number of halogens is 1. The van der Waals surface area contributed by atoms with Gasteiger partial charge >= 0.3 is 11.8 Å². The van der Waals surface area contributed by atoms with Gasteiger partial charge in [0, 0.05) is 61.9 Å². The van der Waals surface area contributed by atoms with Gasteiger partial charge in [0.05, 0.1) is 17.2 Å². The van der Waals surface area contributed by atoms with Crippen LogP contribution in [-0.2, 0) is 4.74 Å². The smallest absolute Gasteiger partial charge is 0.410 e. The third kappa shape index (κ3) is 6.33. The summed E-state index contributed by atoms with van der Waals surface area (Å²) in [4.78, 5) is 30.0. The molecule has 1 aromatic rings. The van der Waals surface area contributed by atoms with Gasteiger partial charge in [-0.2, -0.15) is 0 Å². The van der Waals surface area contributed by atoms with Crippen LogP contribution in [0.1, 0.15) is 46.5 Å². The first-order chi connectivity index (χ1) is 16.1. The third-order valence-electron chi connectivity index (χ3n) is 6.68. The maximum Gasteiger partial charge on any atom is 0.410 e. The molecule has 0 radical (unpaired) electrons. The number of carbonyl (C=O) groups excluding carboxylic acids is 1. The lowest BCUT2D eigenvalue weighted by molar-refractivity contribution is -0.385. The molecule has 2 saturated heterocycles. The number of nitro groups is 1. The molecule has 0 bridgehead atoms. The summed E-state index contributed by atoms with van der Waals surface area (Å²) >= 11 is 3.55. The maximum atomic E-state index is 12.3. The molecule has 0 aromatic heterocycles. The number of anilines is 1. The molecule has 0 N–H and O–H groups in total. The molecule has 0 atom stereocenters. The van der Waals surface area contributed by atoms with Gasteiger partial charge in [-0.3, -0.25) is 15.0 Å². The molecule has 3 fully saturated rings. The second-order valence-electron chi connectivity index (χ2n) is 10.5. The Hall–Kier alpha value is -2.07. The topological polar surface area (TPSA) is 88.4 Å². The fraction of sp³-hybridized carbons (Fsp3) is 0.708. The van der Waals surface area contributed by atoms with Gasteiger partial charge in [-0.25, -0.2) is 4.79 Å². The molecule has 188 valence electrons. The van der Waals surface area contributed by atoms with Crippen LogP contribution in [0.15, 0.2) is 16.6 Å². The highest BCUT2D eigenvalue weighted by Gasteiger charge is 2.32. The average Bonchev–Trinajstić information content (AvgIpc) is 3.62. The number of rotatable bonds is 6. The number of benzene rings is 1. The van der Waals surface area contributed by atoms with Crippen molar-refractivity contribution in [3.05, 3.63) is 26.7 Å². The van der Waals surface area contributed by atoms with E-state index in [2.05, 4.69) is 25.7 Å². The van der Waals surface area contributed by atoms with Crippen LogP contribution in [-0.4, -0.2) is 78.3 Å². The summed E-state index contributed by atoms with van der Waals surface area (Å²) in [6.45, 7) is 11.0. The zero-order valence-corrected chi connectivity index (χ0v) is 21.9. The fourth-order valence-electron chi connectivity index (χ4n) is 4.59. The minimum absolute atomic E-state index is 0.00835.